The summed E-state index contributed by atoms with van der Waals surface area (Å²) in [7, 11) is 3.79. The summed E-state index contributed by atoms with van der Waals surface area (Å²) in [4.78, 5) is 13.4. The van der Waals surface area contributed by atoms with E-state index < -0.39 is 0 Å². The first-order valence-corrected chi connectivity index (χ1v) is 4.91. The van der Waals surface area contributed by atoms with Crippen LogP contribution in [-0.4, -0.2) is 26.5 Å². The number of carbonyl (C=O) groups is 1. The van der Waals surface area contributed by atoms with Gasteiger partial charge in [0.25, 0.3) is 5.91 Å². The minimum Gasteiger partial charge on any atom is -0.397 e. The van der Waals surface area contributed by atoms with Crippen molar-refractivity contribution in [3.8, 4) is 0 Å². The minimum absolute atomic E-state index is 0.0689. The van der Waals surface area contributed by atoms with Crippen LogP contribution in [0.4, 0.5) is 11.4 Å². The molecule has 0 heterocycles. The zero-order valence-corrected chi connectivity index (χ0v) is 9.37. The average molecular weight is 207 g/mol. The van der Waals surface area contributed by atoms with Crippen molar-refractivity contribution in [2.75, 3.05) is 31.3 Å². The quantitative estimate of drug-likeness (QED) is 0.729. The van der Waals surface area contributed by atoms with E-state index in [1.165, 1.54) is 0 Å². The summed E-state index contributed by atoms with van der Waals surface area (Å²) in [5.41, 5.74) is 7.96. The monoisotopic (exact) mass is 207 g/mol. The van der Waals surface area contributed by atoms with E-state index >= 15 is 0 Å². The van der Waals surface area contributed by atoms with E-state index in [9.17, 15) is 4.79 Å². The molecule has 1 rings (SSSR count). The molecule has 0 saturated carbocycles. The smallest absolute Gasteiger partial charge is 0.251 e. The van der Waals surface area contributed by atoms with Crippen molar-refractivity contribution in [2.45, 2.75) is 6.92 Å². The van der Waals surface area contributed by atoms with Crippen molar-refractivity contribution in [3.63, 3.8) is 0 Å². The molecule has 0 saturated heterocycles. The van der Waals surface area contributed by atoms with Gasteiger partial charge < -0.3 is 16.0 Å². The SMILES string of the molecule is CCNC(=O)c1ccc(N)c(N(C)C)c1. The van der Waals surface area contributed by atoms with Crippen LogP contribution in [0, 0.1) is 0 Å². The van der Waals surface area contributed by atoms with Gasteiger partial charge in [-0.2, -0.15) is 0 Å². The minimum atomic E-state index is -0.0689. The summed E-state index contributed by atoms with van der Waals surface area (Å²) in [6.07, 6.45) is 0. The van der Waals surface area contributed by atoms with Crippen LogP contribution in [0.1, 0.15) is 17.3 Å². The Morgan fingerprint density at radius 1 is 1.47 bits per heavy atom. The number of amides is 1. The summed E-state index contributed by atoms with van der Waals surface area (Å²) in [6.45, 7) is 2.52. The van der Waals surface area contributed by atoms with E-state index in [0.717, 1.165) is 5.69 Å². The second kappa shape index (κ2) is 4.68. The highest BCUT2D eigenvalue weighted by Crippen LogP contribution is 2.22. The fraction of sp³-hybridized carbons (Fsp3) is 0.364. The molecule has 3 N–H and O–H groups in total. The summed E-state index contributed by atoms with van der Waals surface area (Å²) in [6, 6.07) is 5.27. The van der Waals surface area contributed by atoms with E-state index in [2.05, 4.69) is 5.32 Å². The number of anilines is 2. The molecule has 4 heteroatoms. The summed E-state index contributed by atoms with van der Waals surface area (Å²) in [5, 5.41) is 2.75. The molecule has 0 spiro atoms. The average Bonchev–Trinajstić information content (AvgIpc) is 2.18. The number of benzene rings is 1. The third-order valence-electron chi connectivity index (χ3n) is 2.11. The Morgan fingerprint density at radius 3 is 2.67 bits per heavy atom. The lowest BCUT2D eigenvalue weighted by atomic mass is 10.1. The Bertz CT molecular complexity index is 361. The summed E-state index contributed by atoms with van der Waals surface area (Å²) >= 11 is 0. The molecule has 0 unspecified atom stereocenters. The Morgan fingerprint density at radius 2 is 2.13 bits per heavy atom. The second-order valence-corrected chi connectivity index (χ2v) is 3.53. The maximum atomic E-state index is 11.6. The molecule has 0 aromatic heterocycles. The van der Waals surface area contributed by atoms with Gasteiger partial charge in [0, 0.05) is 26.2 Å². The van der Waals surface area contributed by atoms with Crippen LogP contribution in [0.5, 0.6) is 0 Å². The molecule has 15 heavy (non-hydrogen) atoms. The lowest BCUT2D eigenvalue weighted by Gasteiger charge is -2.16. The number of nitrogens with two attached hydrogens (primary N) is 1. The molecule has 82 valence electrons. The topological polar surface area (TPSA) is 58.4 Å². The van der Waals surface area contributed by atoms with Crippen molar-refractivity contribution in [1.82, 2.24) is 5.32 Å². The molecule has 1 aromatic rings. The molecule has 4 nitrogen and oxygen atoms in total. The Hall–Kier alpha value is -1.71. The third kappa shape index (κ3) is 2.62. The lowest BCUT2D eigenvalue weighted by Crippen LogP contribution is -2.23. The number of rotatable bonds is 3. The predicted molar refractivity (Wildman–Crippen MR) is 63.2 cm³/mol. The van der Waals surface area contributed by atoms with Gasteiger partial charge in [-0.15, -0.1) is 0 Å². The molecule has 0 aliphatic rings. The Labute approximate surface area is 90.1 Å². The van der Waals surface area contributed by atoms with Gasteiger partial charge in [-0.3, -0.25) is 4.79 Å². The van der Waals surface area contributed by atoms with Crippen LogP contribution in [0.25, 0.3) is 0 Å². The molecule has 1 aromatic carbocycles. The van der Waals surface area contributed by atoms with Gasteiger partial charge in [0.15, 0.2) is 0 Å². The van der Waals surface area contributed by atoms with Gasteiger partial charge in [-0.05, 0) is 25.1 Å². The first-order valence-electron chi connectivity index (χ1n) is 4.91. The maximum absolute atomic E-state index is 11.6. The molecule has 0 aliphatic heterocycles. The molecule has 0 fully saturated rings. The highest BCUT2D eigenvalue weighted by atomic mass is 16.1. The first kappa shape index (κ1) is 11.4. The standard InChI is InChI=1S/C11H17N3O/c1-4-13-11(15)8-5-6-9(12)10(7-8)14(2)3/h5-7H,4,12H2,1-3H3,(H,13,15). The zero-order chi connectivity index (χ0) is 11.4. The van der Waals surface area contributed by atoms with Crippen LogP contribution >= 0.6 is 0 Å². The Kier molecular flexibility index (Phi) is 3.55. The number of nitrogen functional groups attached to an aromatic ring is 1. The van der Waals surface area contributed by atoms with E-state index in [-0.39, 0.29) is 5.91 Å². The van der Waals surface area contributed by atoms with Crippen molar-refractivity contribution in [3.05, 3.63) is 23.8 Å². The molecular weight excluding hydrogens is 190 g/mol. The van der Waals surface area contributed by atoms with Gasteiger partial charge in [0.05, 0.1) is 11.4 Å². The maximum Gasteiger partial charge on any atom is 0.251 e. The summed E-state index contributed by atoms with van der Waals surface area (Å²) in [5.74, 6) is -0.0689. The third-order valence-corrected chi connectivity index (χ3v) is 2.11. The second-order valence-electron chi connectivity index (χ2n) is 3.53. The van der Waals surface area contributed by atoms with Crippen molar-refractivity contribution in [2.24, 2.45) is 0 Å². The molecular formula is C11H17N3O. The van der Waals surface area contributed by atoms with Gasteiger partial charge >= 0.3 is 0 Å². The lowest BCUT2D eigenvalue weighted by molar-refractivity contribution is 0.0956. The van der Waals surface area contributed by atoms with E-state index in [0.29, 0.717) is 17.8 Å². The van der Waals surface area contributed by atoms with E-state index in [1.54, 1.807) is 18.2 Å². The number of nitrogens with zero attached hydrogens (tertiary/aromatic N) is 1. The zero-order valence-electron chi connectivity index (χ0n) is 9.37. The molecule has 0 aliphatic carbocycles. The highest BCUT2D eigenvalue weighted by molar-refractivity contribution is 5.96. The normalized spacial score (nSPS) is 9.80. The van der Waals surface area contributed by atoms with Crippen molar-refractivity contribution >= 4 is 17.3 Å². The van der Waals surface area contributed by atoms with Crippen molar-refractivity contribution < 1.29 is 4.79 Å². The predicted octanol–water partition coefficient (Wildman–Crippen LogP) is 1.08. The van der Waals surface area contributed by atoms with Crippen LogP contribution in [0.15, 0.2) is 18.2 Å². The molecule has 0 radical (unpaired) electrons. The number of carbonyl (C=O) groups excluding carboxylic acids is 1. The van der Waals surface area contributed by atoms with Crippen molar-refractivity contribution in [1.29, 1.82) is 0 Å². The van der Waals surface area contributed by atoms with Gasteiger partial charge in [-0.25, -0.2) is 0 Å². The molecule has 1 amide bonds. The van der Waals surface area contributed by atoms with Crippen LogP contribution in [0.2, 0.25) is 0 Å². The van der Waals surface area contributed by atoms with Gasteiger partial charge in [0.1, 0.15) is 0 Å². The fourth-order valence-corrected chi connectivity index (χ4v) is 1.33. The Balaban J connectivity index is 3.02. The van der Waals surface area contributed by atoms with E-state index in [4.69, 9.17) is 5.73 Å². The number of hydrogen-bond donors (Lipinski definition) is 2. The molecule has 0 bridgehead atoms. The van der Waals surface area contributed by atoms with Crippen LogP contribution in [-0.2, 0) is 0 Å². The number of hydrogen-bond acceptors (Lipinski definition) is 3. The van der Waals surface area contributed by atoms with Crippen LogP contribution < -0.4 is 16.0 Å². The number of nitrogens with one attached hydrogen (secondary N) is 1. The largest absolute Gasteiger partial charge is 0.397 e. The van der Waals surface area contributed by atoms with Crippen LogP contribution in [0.3, 0.4) is 0 Å². The van der Waals surface area contributed by atoms with Gasteiger partial charge in [0.2, 0.25) is 0 Å². The van der Waals surface area contributed by atoms with Gasteiger partial charge in [-0.1, -0.05) is 0 Å². The fourth-order valence-electron chi connectivity index (χ4n) is 1.33. The van der Waals surface area contributed by atoms with E-state index in [1.807, 2.05) is 25.9 Å². The first-order chi connectivity index (χ1) is 7.06. The summed E-state index contributed by atoms with van der Waals surface area (Å²) < 4.78 is 0. The molecule has 0 atom stereocenters. The highest BCUT2D eigenvalue weighted by Gasteiger charge is 2.08.